The first kappa shape index (κ1) is 18.2. The summed E-state index contributed by atoms with van der Waals surface area (Å²) in [6, 6.07) is 12.3. The Hall–Kier alpha value is -2.15. The molecule has 1 saturated heterocycles. The number of aromatic nitrogens is 1. The maximum atomic E-state index is 8.84. The van der Waals surface area contributed by atoms with E-state index in [9.17, 15) is 0 Å². The van der Waals surface area contributed by atoms with E-state index in [0.29, 0.717) is 6.61 Å². The molecule has 0 radical (unpaired) electrons. The fraction of sp³-hybridized carbons (Fsp3) is 0.381. The largest absolute Gasteiger partial charge is 0.491 e. The first-order valence-corrected chi connectivity index (χ1v) is 10.3. The van der Waals surface area contributed by atoms with Crippen molar-refractivity contribution < 1.29 is 9.84 Å². The second-order valence-electron chi connectivity index (χ2n) is 6.71. The number of anilines is 1. The molecule has 0 bridgehead atoms. The Morgan fingerprint density at radius 2 is 1.89 bits per heavy atom. The molecule has 3 aromatic rings. The highest BCUT2D eigenvalue weighted by Gasteiger charge is 2.18. The maximum Gasteiger partial charge on any atom is 0.119 e. The fourth-order valence-electron chi connectivity index (χ4n) is 3.40. The smallest absolute Gasteiger partial charge is 0.119 e. The Kier molecular flexibility index (Phi) is 5.57. The van der Waals surface area contributed by atoms with E-state index in [0.717, 1.165) is 49.7 Å². The Balaban J connectivity index is 1.52. The van der Waals surface area contributed by atoms with Gasteiger partial charge in [0.05, 0.1) is 17.3 Å². The first-order chi connectivity index (χ1) is 13.3. The molecule has 1 N–H and O–H groups in total. The summed E-state index contributed by atoms with van der Waals surface area (Å²) in [5.41, 5.74) is 2.04. The lowest BCUT2D eigenvalue weighted by Gasteiger charge is -2.34. The number of hydrogen-bond donors (Lipinski definition) is 1. The van der Waals surface area contributed by atoms with Crippen molar-refractivity contribution in [3.05, 3.63) is 42.6 Å². The van der Waals surface area contributed by atoms with Crippen LogP contribution >= 0.6 is 11.3 Å². The quantitative estimate of drug-likeness (QED) is 0.706. The summed E-state index contributed by atoms with van der Waals surface area (Å²) >= 11 is 1.85. The van der Waals surface area contributed by atoms with Crippen LogP contribution in [0, 0.1) is 0 Å². The van der Waals surface area contributed by atoms with Gasteiger partial charge in [-0.25, -0.2) is 0 Å². The summed E-state index contributed by atoms with van der Waals surface area (Å²) in [6.07, 6.45) is 1.98. The van der Waals surface area contributed by atoms with Crippen LogP contribution in [-0.2, 0) is 0 Å². The molecule has 1 fully saturated rings. The van der Waals surface area contributed by atoms with Crippen LogP contribution in [0.5, 0.6) is 5.75 Å². The lowest BCUT2D eigenvalue weighted by atomic mass is 10.1. The number of fused-ring (bicyclic) bond motifs is 1. The topological polar surface area (TPSA) is 48.8 Å². The number of thiophene rings is 1. The van der Waals surface area contributed by atoms with Gasteiger partial charge in [0.25, 0.3) is 0 Å². The van der Waals surface area contributed by atoms with Crippen LogP contribution in [0.4, 0.5) is 5.00 Å². The number of aliphatic hydroxyl groups is 1. The van der Waals surface area contributed by atoms with Gasteiger partial charge >= 0.3 is 0 Å². The SMILES string of the molecule is CCN1CCN(c2cc3cnc(-c4ccc(OCCO)cc4)cc3s2)CC1. The number of hydrogen-bond acceptors (Lipinski definition) is 6. The summed E-state index contributed by atoms with van der Waals surface area (Å²) in [4.78, 5) is 9.64. The molecule has 142 valence electrons. The zero-order valence-corrected chi connectivity index (χ0v) is 16.4. The van der Waals surface area contributed by atoms with Crippen molar-refractivity contribution in [2.24, 2.45) is 0 Å². The molecule has 0 amide bonds. The number of ether oxygens (including phenoxy) is 1. The van der Waals surface area contributed by atoms with Crippen molar-refractivity contribution >= 4 is 26.4 Å². The van der Waals surface area contributed by atoms with Gasteiger partial charge < -0.3 is 19.6 Å². The van der Waals surface area contributed by atoms with E-state index in [1.807, 2.05) is 41.8 Å². The summed E-state index contributed by atoms with van der Waals surface area (Å²) in [6.45, 7) is 8.16. The highest BCUT2D eigenvalue weighted by atomic mass is 32.1. The summed E-state index contributed by atoms with van der Waals surface area (Å²) in [7, 11) is 0. The van der Waals surface area contributed by atoms with Crippen molar-refractivity contribution in [2.75, 3.05) is 50.8 Å². The maximum absolute atomic E-state index is 8.84. The van der Waals surface area contributed by atoms with Crippen molar-refractivity contribution in [2.45, 2.75) is 6.92 Å². The molecule has 0 spiro atoms. The number of aliphatic hydroxyl groups excluding tert-OH is 1. The molecule has 3 heterocycles. The van der Waals surface area contributed by atoms with Gasteiger partial charge in [0, 0.05) is 48.0 Å². The van der Waals surface area contributed by atoms with Crippen LogP contribution < -0.4 is 9.64 Å². The number of nitrogens with zero attached hydrogens (tertiary/aromatic N) is 3. The van der Waals surface area contributed by atoms with Gasteiger partial charge in [-0.15, -0.1) is 11.3 Å². The summed E-state index contributed by atoms with van der Waals surface area (Å²) < 4.78 is 6.70. The van der Waals surface area contributed by atoms with Crippen LogP contribution in [0.15, 0.2) is 42.6 Å². The van der Waals surface area contributed by atoms with Crippen molar-refractivity contribution in [1.29, 1.82) is 0 Å². The van der Waals surface area contributed by atoms with Crippen molar-refractivity contribution in [1.82, 2.24) is 9.88 Å². The van der Waals surface area contributed by atoms with E-state index < -0.39 is 0 Å². The highest BCUT2D eigenvalue weighted by molar-refractivity contribution is 7.22. The van der Waals surface area contributed by atoms with Crippen molar-refractivity contribution in [3.63, 3.8) is 0 Å². The molecule has 4 rings (SSSR count). The number of piperazine rings is 1. The van der Waals surface area contributed by atoms with E-state index in [-0.39, 0.29) is 6.61 Å². The molecule has 5 nitrogen and oxygen atoms in total. The van der Waals surface area contributed by atoms with Crippen LogP contribution in [0.25, 0.3) is 21.3 Å². The molecule has 1 aliphatic heterocycles. The van der Waals surface area contributed by atoms with Gasteiger partial charge in [0.2, 0.25) is 0 Å². The standard InChI is InChI=1S/C21H25N3O2S/c1-2-23-7-9-24(10-8-23)21-13-17-15-22-19(14-20(17)27-21)16-3-5-18(6-4-16)26-12-11-25/h3-6,13-15,25H,2,7-12H2,1H3. The molecule has 0 aliphatic carbocycles. The molecule has 0 unspecified atom stereocenters. The zero-order valence-electron chi connectivity index (χ0n) is 15.6. The van der Waals surface area contributed by atoms with Gasteiger partial charge in [0.1, 0.15) is 12.4 Å². The lowest BCUT2D eigenvalue weighted by molar-refractivity contribution is 0.201. The predicted octanol–water partition coefficient (Wildman–Crippen LogP) is 3.48. The summed E-state index contributed by atoms with van der Waals surface area (Å²) in [5.74, 6) is 0.763. The minimum atomic E-state index is 0.0220. The van der Waals surface area contributed by atoms with Crippen molar-refractivity contribution in [3.8, 4) is 17.0 Å². The molecular formula is C21H25N3O2S. The second kappa shape index (κ2) is 8.25. The molecule has 1 aliphatic rings. The molecule has 1 aromatic carbocycles. The van der Waals surface area contributed by atoms with E-state index >= 15 is 0 Å². The third kappa shape index (κ3) is 4.08. The third-order valence-corrected chi connectivity index (χ3v) is 6.19. The number of rotatable bonds is 6. The third-order valence-electron chi connectivity index (χ3n) is 5.03. The van der Waals surface area contributed by atoms with Gasteiger partial charge in [-0.2, -0.15) is 0 Å². The normalized spacial score (nSPS) is 15.4. The monoisotopic (exact) mass is 383 g/mol. The van der Waals surface area contributed by atoms with Gasteiger partial charge in [-0.05, 0) is 42.9 Å². The average molecular weight is 384 g/mol. The lowest BCUT2D eigenvalue weighted by Crippen LogP contribution is -2.45. The molecular weight excluding hydrogens is 358 g/mol. The summed E-state index contributed by atoms with van der Waals surface area (Å²) in [5, 5.41) is 11.4. The van der Waals surface area contributed by atoms with Gasteiger partial charge in [-0.3, -0.25) is 4.98 Å². The molecule has 6 heteroatoms. The second-order valence-corrected chi connectivity index (χ2v) is 7.77. The fourth-order valence-corrected chi connectivity index (χ4v) is 4.53. The average Bonchev–Trinajstić information content (AvgIpc) is 3.16. The zero-order chi connectivity index (χ0) is 18.6. The Morgan fingerprint density at radius 1 is 1.11 bits per heavy atom. The Bertz CT molecular complexity index is 886. The number of likely N-dealkylation sites (N-methyl/N-ethyl adjacent to an activating group) is 1. The Labute approximate surface area is 163 Å². The Morgan fingerprint density at radius 3 is 2.59 bits per heavy atom. The first-order valence-electron chi connectivity index (χ1n) is 9.48. The number of benzene rings is 1. The van der Waals surface area contributed by atoms with Gasteiger partial charge in [-0.1, -0.05) is 6.92 Å². The van der Waals surface area contributed by atoms with E-state index in [1.165, 1.54) is 15.1 Å². The highest BCUT2D eigenvalue weighted by Crippen LogP contribution is 2.35. The molecule has 0 atom stereocenters. The van der Waals surface area contributed by atoms with Crippen LogP contribution in [0.1, 0.15) is 6.92 Å². The van der Waals surface area contributed by atoms with Crippen LogP contribution in [0.3, 0.4) is 0 Å². The van der Waals surface area contributed by atoms with E-state index in [4.69, 9.17) is 9.84 Å². The minimum Gasteiger partial charge on any atom is -0.491 e. The minimum absolute atomic E-state index is 0.0220. The molecule has 2 aromatic heterocycles. The molecule has 0 saturated carbocycles. The van der Waals surface area contributed by atoms with E-state index in [2.05, 4.69) is 33.8 Å². The predicted molar refractivity (Wildman–Crippen MR) is 112 cm³/mol. The van der Waals surface area contributed by atoms with E-state index in [1.54, 1.807) is 0 Å². The molecule has 27 heavy (non-hydrogen) atoms. The van der Waals surface area contributed by atoms with Gasteiger partial charge in [0.15, 0.2) is 0 Å². The van der Waals surface area contributed by atoms with Crippen LogP contribution in [-0.4, -0.2) is 60.9 Å². The number of pyridine rings is 1. The van der Waals surface area contributed by atoms with Crippen LogP contribution in [0.2, 0.25) is 0 Å².